The lowest BCUT2D eigenvalue weighted by atomic mass is 10.0. The number of benzene rings is 3. The number of aryl methyl sites for hydroxylation is 3. The quantitative estimate of drug-likeness (QED) is 0.531. The van der Waals surface area contributed by atoms with Crippen molar-refractivity contribution in [1.29, 1.82) is 0 Å². The van der Waals surface area contributed by atoms with E-state index in [4.69, 9.17) is 11.6 Å². The molecule has 3 aromatic carbocycles. The zero-order valence-corrected chi connectivity index (χ0v) is 18.5. The molecule has 0 saturated carbocycles. The van der Waals surface area contributed by atoms with Gasteiger partial charge >= 0.3 is 0 Å². The first-order valence-electron chi connectivity index (χ1n) is 10.1. The van der Waals surface area contributed by atoms with Gasteiger partial charge in [0.15, 0.2) is 0 Å². The molecule has 0 aliphatic carbocycles. The number of carbonyl (C=O) groups excluding carboxylic acids is 2. The molecular weight excluding hydrogens is 408 g/mol. The van der Waals surface area contributed by atoms with Gasteiger partial charge in [0.2, 0.25) is 0 Å². The first-order valence-corrected chi connectivity index (χ1v) is 10.5. The second-order valence-electron chi connectivity index (χ2n) is 7.94. The number of nitrogens with zero attached hydrogens (tertiary/aromatic N) is 1. The predicted octanol–water partition coefficient (Wildman–Crippen LogP) is 5.66. The zero-order chi connectivity index (χ0) is 22.1. The first kappa shape index (κ1) is 20.9. The Balaban J connectivity index is 1.75. The van der Waals surface area contributed by atoms with Gasteiger partial charge in [0.25, 0.3) is 11.8 Å². The highest BCUT2D eigenvalue weighted by atomic mass is 35.5. The highest BCUT2D eigenvalue weighted by Crippen LogP contribution is 2.32. The molecule has 4 nitrogen and oxygen atoms in total. The predicted molar refractivity (Wildman–Crippen MR) is 125 cm³/mol. The van der Waals surface area contributed by atoms with Crippen molar-refractivity contribution in [2.75, 3.05) is 5.32 Å². The SMILES string of the molecule is Cc1ccc(CN2C(=O)C(Nc3cc(C)cc(C)c3)=C(c3ccc(Cl)cc3)C2=O)cc1. The maximum atomic E-state index is 13.4. The van der Waals surface area contributed by atoms with Crippen molar-refractivity contribution < 1.29 is 9.59 Å². The maximum Gasteiger partial charge on any atom is 0.278 e. The molecule has 31 heavy (non-hydrogen) atoms. The monoisotopic (exact) mass is 430 g/mol. The van der Waals surface area contributed by atoms with Crippen LogP contribution < -0.4 is 5.32 Å². The molecule has 0 aromatic heterocycles. The van der Waals surface area contributed by atoms with Crippen LogP contribution in [0.15, 0.2) is 72.4 Å². The van der Waals surface area contributed by atoms with E-state index in [-0.39, 0.29) is 24.1 Å². The van der Waals surface area contributed by atoms with Gasteiger partial charge in [-0.25, -0.2) is 0 Å². The molecule has 3 aromatic rings. The van der Waals surface area contributed by atoms with Crippen LogP contribution in [0.25, 0.3) is 5.57 Å². The van der Waals surface area contributed by atoms with Crippen LogP contribution in [0.3, 0.4) is 0 Å². The average Bonchev–Trinajstić information content (AvgIpc) is 2.94. The molecule has 0 saturated heterocycles. The summed E-state index contributed by atoms with van der Waals surface area (Å²) in [5.74, 6) is -0.658. The summed E-state index contributed by atoms with van der Waals surface area (Å²) >= 11 is 6.04. The Bertz CT molecular complexity index is 1170. The van der Waals surface area contributed by atoms with E-state index in [1.54, 1.807) is 24.3 Å². The van der Waals surface area contributed by atoms with Gasteiger partial charge < -0.3 is 5.32 Å². The molecule has 156 valence electrons. The lowest BCUT2D eigenvalue weighted by Gasteiger charge is -2.16. The second kappa shape index (κ2) is 8.40. The molecule has 0 bridgehead atoms. The summed E-state index contributed by atoms with van der Waals surface area (Å²) in [6, 6.07) is 20.8. The Morgan fingerprint density at radius 3 is 2.00 bits per heavy atom. The molecule has 1 heterocycles. The Labute approximate surface area is 187 Å². The van der Waals surface area contributed by atoms with Gasteiger partial charge in [-0.2, -0.15) is 0 Å². The van der Waals surface area contributed by atoms with E-state index in [2.05, 4.69) is 11.4 Å². The molecule has 0 spiro atoms. The van der Waals surface area contributed by atoms with Crippen LogP contribution in [0.5, 0.6) is 0 Å². The van der Waals surface area contributed by atoms with Crippen molar-refractivity contribution >= 4 is 34.7 Å². The van der Waals surface area contributed by atoms with Crippen molar-refractivity contribution in [3.63, 3.8) is 0 Å². The number of hydrogen-bond donors (Lipinski definition) is 1. The summed E-state index contributed by atoms with van der Waals surface area (Å²) in [6.45, 7) is 6.21. The number of amides is 2. The second-order valence-corrected chi connectivity index (χ2v) is 8.38. The van der Waals surface area contributed by atoms with Gasteiger partial charge in [-0.1, -0.05) is 59.6 Å². The standard InChI is InChI=1S/C26H23ClN2O2/c1-16-4-6-19(7-5-16)15-29-25(30)23(20-8-10-21(27)11-9-20)24(26(29)31)28-22-13-17(2)12-18(3)14-22/h4-14,28H,15H2,1-3H3. The topological polar surface area (TPSA) is 49.4 Å². The van der Waals surface area contributed by atoms with Crippen LogP contribution in [-0.4, -0.2) is 16.7 Å². The minimum Gasteiger partial charge on any atom is -0.350 e. The molecule has 0 unspecified atom stereocenters. The van der Waals surface area contributed by atoms with E-state index in [0.29, 0.717) is 16.2 Å². The molecule has 0 atom stereocenters. The van der Waals surface area contributed by atoms with Crippen molar-refractivity contribution in [2.45, 2.75) is 27.3 Å². The van der Waals surface area contributed by atoms with Crippen molar-refractivity contribution in [3.8, 4) is 0 Å². The van der Waals surface area contributed by atoms with Crippen LogP contribution in [0.4, 0.5) is 5.69 Å². The third kappa shape index (κ3) is 4.39. The molecule has 2 amide bonds. The van der Waals surface area contributed by atoms with Gasteiger partial charge in [0.1, 0.15) is 5.70 Å². The molecule has 4 rings (SSSR count). The molecule has 1 aliphatic heterocycles. The number of hydrogen-bond acceptors (Lipinski definition) is 3. The van der Waals surface area contributed by atoms with Crippen molar-refractivity contribution in [3.05, 3.63) is 105 Å². The van der Waals surface area contributed by atoms with Crippen molar-refractivity contribution in [1.82, 2.24) is 4.90 Å². The fraction of sp³-hybridized carbons (Fsp3) is 0.154. The maximum absolute atomic E-state index is 13.4. The molecule has 1 aliphatic rings. The lowest BCUT2D eigenvalue weighted by Crippen LogP contribution is -2.32. The Morgan fingerprint density at radius 1 is 0.774 bits per heavy atom. The summed E-state index contributed by atoms with van der Waals surface area (Å²) in [5, 5.41) is 3.80. The van der Waals surface area contributed by atoms with E-state index < -0.39 is 0 Å². The van der Waals surface area contributed by atoms with Gasteiger partial charge in [-0.15, -0.1) is 0 Å². The first-order chi connectivity index (χ1) is 14.8. The van der Waals surface area contributed by atoms with Crippen molar-refractivity contribution in [2.24, 2.45) is 0 Å². The summed E-state index contributed by atoms with van der Waals surface area (Å²) in [5.41, 5.74) is 6.24. The van der Waals surface area contributed by atoms with E-state index in [1.165, 1.54) is 4.90 Å². The number of rotatable bonds is 5. The molecular formula is C26H23ClN2O2. The molecule has 5 heteroatoms. The largest absolute Gasteiger partial charge is 0.350 e. The van der Waals surface area contributed by atoms with Gasteiger partial charge in [0, 0.05) is 10.7 Å². The normalized spacial score (nSPS) is 13.9. The smallest absolute Gasteiger partial charge is 0.278 e. The Morgan fingerprint density at radius 2 is 1.39 bits per heavy atom. The fourth-order valence-electron chi connectivity index (χ4n) is 3.79. The molecule has 0 fully saturated rings. The van der Waals surface area contributed by atoms with Crippen LogP contribution >= 0.6 is 11.6 Å². The highest BCUT2D eigenvalue weighted by Gasteiger charge is 2.39. The van der Waals surface area contributed by atoms with Gasteiger partial charge in [0.05, 0.1) is 12.1 Å². The summed E-state index contributed by atoms with van der Waals surface area (Å²) in [4.78, 5) is 28.0. The zero-order valence-electron chi connectivity index (χ0n) is 17.7. The van der Waals surface area contributed by atoms with Crippen LogP contribution in [0, 0.1) is 20.8 Å². The van der Waals surface area contributed by atoms with Crippen LogP contribution in [-0.2, 0) is 16.1 Å². The van der Waals surface area contributed by atoms with E-state index in [1.807, 2.05) is 57.2 Å². The third-order valence-corrected chi connectivity index (χ3v) is 5.51. The Hall–Kier alpha value is -3.37. The van der Waals surface area contributed by atoms with E-state index in [9.17, 15) is 9.59 Å². The van der Waals surface area contributed by atoms with Gasteiger partial charge in [-0.05, 0) is 67.3 Å². The number of anilines is 1. The summed E-state index contributed by atoms with van der Waals surface area (Å²) in [6.07, 6.45) is 0. The fourth-order valence-corrected chi connectivity index (χ4v) is 3.91. The van der Waals surface area contributed by atoms with E-state index >= 15 is 0 Å². The highest BCUT2D eigenvalue weighted by molar-refractivity contribution is 6.36. The number of imide groups is 1. The average molecular weight is 431 g/mol. The summed E-state index contributed by atoms with van der Waals surface area (Å²) in [7, 11) is 0. The lowest BCUT2D eigenvalue weighted by molar-refractivity contribution is -0.137. The number of carbonyl (C=O) groups is 2. The summed E-state index contributed by atoms with van der Waals surface area (Å²) < 4.78 is 0. The number of halogens is 1. The molecule has 1 N–H and O–H groups in total. The third-order valence-electron chi connectivity index (χ3n) is 5.25. The van der Waals surface area contributed by atoms with Crippen LogP contribution in [0.2, 0.25) is 5.02 Å². The minimum absolute atomic E-state index is 0.215. The van der Waals surface area contributed by atoms with E-state index in [0.717, 1.165) is 27.9 Å². The Kier molecular flexibility index (Phi) is 5.66. The number of nitrogens with one attached hydrogen (secondary N) is 1. The molecule has 0 radical (unpaired) electrons. The minimum atomic E-state index is -0.338. The van der Waals surface area contributed by atoms with Gasteiger partial charge in [-0.3, -0.25) is 14.5 Å². The van der Waals surface area contributed by atoms with Crippen LogP contribution in [0.1, 0.15) is 27.8 Å².